The molecule has 0 aromatic heterocycles. The summed E-state index contributed by atoms with van der Waals surface area (Å²) in [5.41, 5.74) is 0.115. The minimum absolute atomic E-state index is 0.00520. The first kappa shape index (κ1) is 23.4. The van der Waals surface area contributed by atoms with Gasteiger partial charge in [0.1, 0.15) is 22.2 Å². The van der Waals surface area contributed by atoms with E-state index in [1.807, 2.05) is 0 Å². The number of hydrogen-bond donors (Lipinski definition) is 2. The van der Waals surface area contributed by atoms with E-state index in [0.717, 1.165) is 12.1 Å². The molecule has 0 aliphatic heterocycles. The molecule has 170 valence electrons. The van der Waals surface area contributed by atoms with Gasteiger partial charge >= 0.3 is 0 Å². The van der Waals surface area contributed by atoms with E-state index in [1.165, 1.54) is 56.7 Å². The van der Waals surface area contributed by atoms with E-state index >= 15 is 0 Å². The Kier molecular flexibility index (Phi) is 6.60. The number of para-hydroxylation sites is 1. The molecule has 8 nitrogen and oxygen atoms in total. The smallest absolute Gasteiger partial charge is 0.265 e. The molecule has 0 aliphatic rings. The summed E-state index contributed by atoms with van der Waals surface area (Å²) in [5.74, 6) is -0.359. The molecule has 2 N–H and O–H groups in total. The van der Waals surface area contributed by atoms with E-state index in [0.29, 0.717) is 11.3 Å². The van der Waals surface area contributed by atoms with E-state index in [2.05, 4.69) is 9.44 Å². The van der Waals surface area contributed by atoms with Crippen molar-refractivity contribution in [3.8, 4) is 11.5 Å². The second-order valence-corrected chi connectivity index (χ2v) is 9.99. The Hall–Kier alpha value is -3.31. The number of aryl methyl sites for hydroxylation is 1. The van der Waals surface area contributed by atoms with E-state index in [1.54, 1.807) is 13.0 Å². The molecule has 0 spiro atoms. The number of benzene rings is 3. The van der Waals surface area contributed by atoms with E-state index in [-0.39, 0.29) is 26.9 Å². The topological polar surface area (TPSA) is 111 Å². The molecule has 3 rings (SSSR count). The Balaban J connectivity index is 1.98. The Bertz CT molecular complexity index is 1360. The Morgan fingerprint density at radius 1 is 0.781 bits per heavy atom. The molecular formula is C21H21FN2O6S2. The highest BCUT2D eigenvalue weighted by atomic mass is 32.2. The zero-order valence-corrected chi connectivity index (χ0v) is 19.1. The van der Waals surface area contributed by atoms with E-state index in [9.17, 15) is 21.2 Å². The largest absolute Gasteiger partial charge is 0.497 e. The molecular weight excluding hydrogens is 459 g/mol. The van der Waals surface area contributed by atoms with Crippen LogP contribution < -0.4 is 18.9 Å². The van der Waals surface area contributed by atoms with Crippen LogP contribution in [0.4, 0.5) is 15.8 Å². The highest BCUT2D eigenvalue weighted by Crippen LogP contribution is 2.31. The lowest BCUT2D eigenvalue weighted by Crippen LogP contribution is -2.17. The summed E-state index contributed by atoms with van der Waals surface area (Å²) in [6, 6.07) is 13.6. The van der Waals surface area contributed by atoms with Gasteiger partial charge in [-0.05, 0) is 48.9 Å². The van der Waals surface area contributed by atoms with Crippen molar-refractivity contribution in [2.45, 2.75) is 16.7 Å². The SMILES string of the molecule is COc1ccc(OC)c(S(=O)(=O)Nc2ccc(C)c(S(=O)(=O)Nc3ccccc3F)c2)c1. The predicted molar refractivity (Wildman–Crippen MR) is 119 cm³/mol. The lowest BCUT2D eigenvalue weighted by Gasteiger charge is -2.15. The molecule has 0 aliphatic carbocycles. The fourth-order valence-electron chi connectivity index (χ4n) is 2.90. The lowest BCUT2D eigenvalue weighted by molar-refractivity contribution is 0.392. The van der Waals surface area contributed by atoms with Crippen molar-refractivity contribution < 1.29 is 30.7 Å². The number of hydrogen-bond acceptors (Lipinski definition) is 6. The van der Waals surface area contributed by atoms with Gasteiger partial charge in [0.05, 0.1) is 30.5 Å². The van der Waals surface area contributed by atoms with Gasteiger partial charge < -0.3 is 9.47 Å². The van der Waals surface area contributed by atoms with Crippen LogP contribution in [0.25, 0.3) is 0 Å². The lowest BCUT2D eigenvalue weighted by atomic mass is 10.2. The molecule has 0 amide bonds. The average Bonchev–Trinajstić information content (AvgIpc) is 2.75. The zero-order chi connectivity index (χ0) is 23.5. The van der Waals surface area contributed by atoms with Gasteiger partial charge in [-0.25, -0.2) is 21.2 Å². The number of sulfonamides is 2. The number of anilines is 2. The molecule has 0 bridgehead atoms. The minimum Gasteiger partial charge on any atom is -0.497 e. The van der Waals surface area contributed by atoms with E-state index < -0.39 is 25.9 Å². The van der Waals surface area contributed by atoms with Crippen LogP contribution >= 0.6 is 0 Å². The van der Waals surface area contributed by atoms with Gasteiger partial charge in [-0.15, -0.1) is 0 Å². The third kappa shape index (κ3) is 4.94. The summed E-state index contributed by atoms with van der Waals surface area (Å²) in [6.45, 7) is 1.54. The molecule has 0 heterocycles. The van der Waals surface area contributed by atoms with E-state index in [4.69, 9.17) is 9.47 Å². The summed E-state index contributed by atoms with van der Waals surface area (Å²) in [4.78, 5) is -0.396. The monoisotopic (exact) mass is 480 g/mol. The molecule has 0 saturated heterocycles. The quantitative estimate of drug-likeness (QED) is 0.508. The van der Waals surface area contributed by atoms with Gasteiger partial charge in [-0.3, -0.25) is 9.44 Å². The Morgan fingerprint density at radius 2 is 1.47 bits per heavy atom. The molecule has 0 unspecified atom stereocenters. The maximum atomic E-state index is 13.9. The Morgan fingerprint density at radius 3 is 2.12 bits per heavy atom. The summed E-state index contributed by atoms with van der Waals surface area (Å²) in [5, 5.41) is 0. The Labute approximate surface area is 186 Å². The molecule has 0 radical (unpaired) electrons. The second kappa shape index (κ2) is 9.05. The first-order chi connectivity index (χ1) is 15.1. The average molecular weight is 481 g/mol. The number of halogens is 1. The summed E-state index contributed by atoms with van der Waals surface area (Å²) in [6.07, 6.45) is 0. The molecule has 0 atom stereocenters. The van der Waals surface area contributed by atoms with Crippen molar-refractivity contribution in [3.05, 3.63) is 72.0 Å². The molecule has 0 saturated carbocycles. The van der Waals surface area contributed by atoms with Gasteiger partial charge in [0.15, 0.2) is 0 Å². The third-order valence-electron chi connectivity index (χ3n) is 4.51. The van der Waals surface area contributed by atoms with Crippen LogP contribution in [0.2, 0.25) is 0 Å². The predicted octanol–water partition coefficient (Wildman–Crippen LogP) is 3.75. The zero-order valence-electron chi connectivity index (χ0n) is 17.4. The van der Waals surface area contributed by atoms with Crippen LogP contribution in [0.5, 0.6) is 11.5 Å². The van der Waals surface area contributed by atoms with Crippen molar-refractivity contribution in [2.24, 2.45) is 0 Å². The second-order valence-electron chi connectivity index (χ2n) is 6.69. The number of rotatable bonds is 8. The van der Waals surface area contributed by atoms with Crippen LogP contribution in [-0.4, -0.2) is 31.1 Å². The fourth-order valence-corrected chi connectivity index (χ4v) is 5.47. The highest BCUT2D eigenvalue weighted by Gasteiger charge is 2.23. The van der Waals surface area contributed by atoms with Gasteiger partial charge in [0.2, 0.25) is 0 Å². The van der Waals surface area contributed by atoms with Crippen LogP contribution in [0.1, 0.15) is 5.56 Å². The van der Waals surface area contributed by atoms with Gasteiger partial charge in [-0.1, -0.05) is 18.2 Å². The first-order valence-electron chi connectivity index (χ1n) is 9.20. The van der Waals surface area contributed by atoms with Gasteiger partial charge in [0, 0.05) is 6.07 Å². The van der Waals surface area contributed by atoms with Crippen molar-refractivity contribution in [1.29, 1.82) is 0 Å². The standard InChI is InChI=1S/C21H21FN2O6S2/c1-14-8-9-15(12-20(14)31(25,26)24-18-7-5-4-6-17(18)22)23-32(27,28)21-13-16(29-2)10-11-19(21)30-3/h4-13,23-24H,1-3H3. The normalized spacial score (nSPS) is 11.6. The fraction of sp³-hybridized carbons (Fsp3) is 0.143. The third-order valence-corrected chi connectivity index (χ3v) is 7.42. The van der Waals surface area contributed by atoms with Crippen LogP contribution in [0.3, 0.4) is 0 Å². The maximum Gasteiger partial charge on any atom is 0.265 e. The number of methoxy groups -OCH3 is 2. The summed E-state index contributed by atoms with van der Waals surface area (Å²) >= 11 is 0. The number of nitrogens with one attached hydrogen (secondary N) is 2. The van der Waals surface area contributed by atoms with Crippen molar-refractivity contribution in [1.82, 2.24) is 0 Å². The van der Waals surface area contributed by atoms with Crippen LogP contribution in [-0.2, 0) is 20.0 Å². The molecule has 3 aromatic rings. The molecule has 0 fully saturated rings. The number of ether oxygens (including phenoxy) is 2. The van der Waals surface area contributed by atoms with Gasteiger partial charge in [0.25, 0.3) is 20.0 Å². The van der Waals surface area contributed by atoms with Gasteiger partial charge in [-0.2, -0.15) is 0 Å². The maximum absolute atomic E-state index is 13.9. The van der Waals surface area contributed by atoms with Crippen LogP contribution in [0, 0.1) is 12.7 Å². The summed E-state index contributed by atoms with van der Waals surface area (Å²) in [7, 11) is -5.64. The first-order valence-corrected chi connectivity index (χ1v) is 12.2. The van der Waals surface area contributed by atoms with Crippen molar-refractivity contribution >= 4 is 31.4 Å². The minimum atomic E-state index is -4.20. The summed E-state index contributed by atoms with van der Waals surface area (Å²) < 4.78 is 80.3. The molecule has 11 heteroatoms. The molecule has 3 aromatic carbocycles. The van der Waals surface area contributed by atoms with Crippen molar-refractivity contribution in [3.63, 3.8) is 0 Å². The highest BCUT2D eigenvalue weighted by molar-refractivity contribution is 7.93. The van der Waals surface area contributed by atoms with Crippen LogP contribution in [0.15, 0.2) is 70.5 Å². The molecule has 32 heavy (non-hydrogen) atoms. The van der Waals surface area contributed by atoms with Crippen molar-refractivity contribution in [2.75, 3.05) is 23.7 Å².